The Kier molecular flexibility index (Phi) is 3.43. The first-order valence-corrected chi connectivity index (χ1v) is 4.01. The van der Waals surface area contributed by atoms with E-state index in [-0.39, 0.29) is 19.0 Å². The smallest absolute Gasteiger partial charge is 0.338 e. The number of nitrogens with zero attached hydrogens (tertiary/aromatic N) is 2. The summed E-state index contributed by atoms with van der Waals surface area (Å²) in [5.41, 5.74) is 0.658. The lowest BCUT2D eigenvalue weighted by Crippen LogP contribution is -2.42. The Morgan fingerprint density at radius 3 is 3.07 bits per heavy atom. The molecule has 2 amide bonds. The highest BCUT2D eigenvalue weighted by molar-refractivity contribution is 5.87. The van der Waals surface area contributed by atoms with Gasteiger partial charge in [-0.1, -0.05) is 5.16 Å². The zero-order valence-corrected chi connectivity index (χ0v) is 7.73. The predicted octanol–water partition coefficient (Wildman–Crippen LogP) is -0.317. The van der Waals surface area contributed by atoms with Gasteiger partial charge in [0.05, 0.1) is 18.8 Å². The number of carbonyl (C=O) groups is 1. The normalized spacial score (nSPS) is 9.93. The fourth-order valence-electron chi connectivity index (χ4n) is 0.809. The number of hydrogen-bond donors (Lipinski definition) is 3. The van der Waals surface area contributed by atoms with E-state index in [1.807, 2.05) is 0 Å². The van der Waals surface area contributed by atoms with Gasteiger partial charge in [-0.15, -0.1) is 0 Å². The van der Waals surface area contributed by atoms with Gasteiger partial charge in [-0.05, 0) is 6.92 Å². The van der Waals surface area contributed by atoms with Crippen molar-refractivity contribution in [1.82, 2.24) is 10.2 Å². The van der Waals surface area contributed by atoms with Crippen LogP contribution >= 0.6 is 0 Å². The van der Waals surface area contributed by atoms with Crippen molar-refractivity contribution in [1.29, 1.82) is 0 Å². The molecule has 0 fully saturated rings. The third kappa shape index (κ3) is 2.71. The lowest BCUT2D eigenvalue weighted by Gasteiger charge is -2.13. The standard InChI is InChI=1S/C7H12N4O3/c1-5-4-6(14-10-5)9-7(13)11(8)2-3-12/h4,12H,2-3,8H2,1H3,(H,9,13). The molecule has 0 aliphatic rings. The maximum absolute atomic E-state index is 11.2. The van der Waals surface area contributed by atoms with Crippen LogP contribution in [-0.4, -0.2) is 34.5 Å². The summed E-state index contributed by atoms with van der Waals surface area (Å²) in [4.78, 5) is 11.2. The average Bonchev–Trinajstić information content (AvgIpc) is 2.51. The van der Waals surface area contributed by atoms with E-state index in [4.69, 9.17) is 15.5 Å². The highest BCUT2D eigenvalue weighted by atomic mass is 16.5. The van der Waals surface area contributed by atoms with Crippen molar-refractivity contribution in [3.8, 4) is 0 Å². The minimum atomic E-state index is -0.560. The van der Waals surface area contributed by atoms with Gasteiger partial charge in [0.15, 0.2) is 0 Å². The zero-order chi connectivity index (χ0) is 10.6. The SMILES string of the molecule is Cc1cc(NC(=O)N(N)CCO)on1. The van der Waals surface area contributed by atoms with Gasteiger partial charge < -0.3 is 9.63 Å². The van der Waals surface area contributed by atoms with Crippen LogP contribution in [0.25, 0.3) is 0 Å². The van der Waals surface area contributed by atoms with Crippen molar-refractivity contribution in [2.75, 3.05) is 18.5 Å². The number of hydrazine groups is 1. The highest BCUT2D eigenvalue weighted by Crippen LogP contribution is 2.08. The third-order valence-corrected chi connectivity index (χ3v) is 1.46. The van der Waals surface area contributed by atoms with Crippen LogP contribution < -0.4 is 11.2 Å². The number of aliphatic hydroxyl groups is 1. The molecule has 1 rings (SSSR count). The molecule has 4 N–H and O–H groups in total. The number of aliphatic hydroxyl groups excluding tert-OH is 1. The van der Waals surface area contributed by atoms with E-state index in [2.05, 4.69) is 10.5 Å². The minimum Gasteiger partial charge on any atom is -0.394 e. The Bertz CT molecular complexity index is 312. The molecular formula is C7H12N4O3. The summed E-state index contributed by atoms with van der Waals surface area (Å²) in [5, 5.41) is 15.3. The van der Waals surface area contributed by atoms with Gasteiger partial charge in [0.1, 0.15) is 0 Å². The molecule has 0 spiro atoms. The number of aromatic nitrogens is 1. The van der Waals surface area contributed by atoms with E-state index in [0.29, 0.717) is 5.69 Å². The maximum atomic E-state index is 11.2. The van der Waals surface area contributed by atoms with Gasteiger partial charge in [0, 0.05) is 6.07 Å². The summed E-state index contributed by atoms with van der Waals surface area (Å²) in [6.07, 6.45) is 0. The number of amides is 2. The van der Waals surface area contributed by atoms with Crippen molar-refractivity contribution in [2.24, 2.45) is 5.84 Å². The van der Waals surface area contributed by atoms with E-state index in [1.54, 1.807) is 13.0 Å². The Morgan fingerprint density at radius 2 is 2.57 bits per heavy atom. The van der Waals surface area contributed by atoms with E-state index in [1.165, 1.54) is 0 Å². The van der Waals surface area contributed by atoms with Crippen molar-refractivity contribution in [3.63, 3.8) is 0 Å². The maximum Gasteiger partial charge on any atom is 0.338 e. The summed E-state index contributed by atoms with van der Waals surface area (Å²) in [7, 11) is 0. The van der Waals surface area contributed by atoms with Crippen LogP contribution in [0.5, 0.6) is 0 Å². The second-order valence-electron chi connectivity index (χ2n) is 2.68. The molecule has 7 nitrogen and oxygen atoms in total. The molecule has 1 heterocycles. The van der Waals surface area contributed by atoms with Crippen LogP contribution in [0.4, 0.5) is 10.7 Å². The number of rotatable bonds is 3. The molecule has 0 saturated heterocycles. The fourth-order valence-corrected chi connectivity index (χ4v) is 0.809. The molecule has 1 aromatic heterocycles. The molecule has 0 bridgehead atoms. The number of urea groups is 1. The molecule has 14 heavy (non-hydrogen) atoms. The van der Waals surface area contributed by atoms with Crippen LogP contribution in [0, 0.1) is 6.92 Å². The van der Waals surface area contributed by atoms with Crippen LogP contribution in [0.2, 0.25) is 0 Å². The highest BCUT2D eigenvalue weighted by Gasteiger charge is 2.10. The molecule has 0 aliphatic heterocycles. The molecule has 0 radical (unpaired) electrons. The van der Waals surface area contributed by atoms with Gasteiger partial charge in [-0.2, -0.15) is 0 Å². The van der Waals surface area contributed by atoms with Gasteiger partial charge >= 0.3 is 6.03 Å². The second-order valence-corrected chi connectivity index (χ2v) is 2.68. The molecule has 0 atom stereocenters. The summed E-state index contributed by atoms with van der Waals surface area (Å²) in [6.45, 7) is 1.59. The Labute approximate surface area is 80.4 Å². The fraction of sp³-hybridized carbons (Fsp3) is 0.429. The molecule has 0 unspecified atom stereocenters. The summed E-state index contributed by atoms with van der Waals surface area (Å²) < 4.78 is 4.74. The van der Waals surface area contributed by atoms with Crippen molar-refractivity contribution in [3.05, 3.63) is 11.8 Å². The summed E-state index contributed by atoms with van der Waals surface area (Å²) in [6, 6.07) is 1.00. The third-order valence-electron chi connectivity index (χ3n) is 1.46. The van der Waals surface area contributed by atoms with Crippen LogP contribution in [0.1, 0.15) is 5.69 Å². The van der Waals surface area contributed by atoms with Gasteiger partial charge in [-0.25, -0.2) is 10.6 Å². The Morgan fingerprint density at radius 1 is 1.86 bits per heavy atom. The second kappa shape index (κ2) is 4.58. The number of anilines is 1. The molecule has 0 aromatic carbocycles. The topological polar surface area (TPSA) is 105 Å². The van der Waals surface area contributed by atoms with Crippen LogP contribution in [0.3, 0.4) is 0 Å². The zero-order valence-electron chi connectivity index (χ0n) is 7.73. The summed E-state index contributed by atoms with van der Waals surface area (Å²) >= 11 is 0. The Balaban J connectivity index is 2.48. The lowest BCUT2D eigenvalue weighted by molar-refractivity contribution is 0.189. The van der Waals surface area contributed by atoms with Crippen molar-refractivity contribution < 1.29 is 14.4 Å². The van der Waals surface area contributed by atoms with Gasteiger partial charge in [0.2, 0.25) is 5.88 Å². The number of hydrogen-bond acceptors (Lipinski definition) is 5. The van der Waals surface area contributed by atoms with Gasteiger partial charge in [0.25, 0.3) is 0 Å². The molecule has 7 heteroatoms. The Hall–Kier alpha value is -1.60. The number of aryl methyl sites for hydroxylation is 1. The van der Waals surface area contributed by atoms with E-state index < -0.39 is 6.03 Å². The van der Waals surface area contributed by atoms with Crippen LogP contribution in [-0.2, 0) is 0 Å². The lowest BCUT2D eigenvalue weighted by atomic mass is 10.5. The molecule has 0 aliphatic carbocycles. The largest absolute Gasteiger partial charge is 0.394 e. The van der Waals surface area contributed by atoms with Gasteiger partial charge in [-0.3, -0.25) is 10.3 Å². The number of nitrogens with two attached hydrogens (primary N) is 1. The van der Waals surface area contributed by atoms with Crippen molar-refractivity contribution >= 4 is 11.9 Å². The average molecular weight is 200 g/mol. The molecular weight excluding hydrogens is 188 g/mol. The first-order valence-electron chi connectivity index (χ1n) is 4.01. The number of carbonyl (C=O) groups excluding carboxylic acids is 1. The van der Waals surface area contributed by atoms with E-state index >= 15 is 0 Å². The predicted molar refractivity (Wildman–Crippen MR) is 48.2 cm³/mol. The molecule has 1 aromatic rings. The quantitative estimate of drug-likeness (QED) is 0.352. The van der Waals surface area contributed by atoms with Crippen molar-refractivity contribution in [2.45, 2.75) is 6.92 Å². The molecule has 0 saturated carbocycles. The molecule has 78 valence electrons. The minimum absolute atomic E-state index is 0.0545. The number of nitrogens with one attached hydrogen (secondary N) is 1. The first-order chi connectivity index (χ1) is 6.63. The summed E-state index contributed by atoms with van der Waals surface area (Å²) in [5.74, 6) is 5.50. The first kappa shape index (κ1) is 10.5. The van der Waals surface area contributed by atoms with E-state index in [0.717, 1.165) is 5.01 Å². The monoisotopic (exact) mass is 200 g/mol. The van der Waals surface area contributed by atoms with E-state index in [9.17, 15) is 4.79 Å². The van der Waals surface area contributed by atoms with Crippen LogP contribution in [0.15, 0.2) is 10.6 Å².